The van der Waals surface area contributed by atoms with Crippen molar-refractivity contribution in [2.45, 2.75) is 44.7 Å². The van der Waals surface area contributed by atoms with Gasteiger partial charge in [-0.15, -0.1) is 0 Å². The number of rotatable bonds is 3. The number of nitrogens with two attached hydrogens (primary N) is 1. The third kappa shape index (κ3) is 3.13. The first-order valence-electron chi connectivity index (χ1n) is 8.02. The van der Waals surface area contributed by atoms with Crippen molar-refractivity contribution in [2.75, 3.05) is 0 Å². The van der Waals surface area contributed by atoms with Gasteiger partial charge < -0.3 is 11.1 Å². The molecule has 2 aliphatic rings. The third-order valence-electron chi connectivity index (χ3n) is 5.28. The van der Waals surface area contributed by atoms with Gasteiger partial charge in [-0.3, -0.25) is 4.79 Å². The molecule has 1 aromatic rings. The number of hydrogen-bond acceptors (Lipinski definition) is 2. The molecule has 120 valence electrons. The van der Waals surface area contributed by atoms with Crippen molar-refractivity contribution in [3.8, 4) is 0 Å². The summed E-state index contributed by atoms with van der Waals surface area (Å²) < 4.78 is 13.7. The van der Waals surface area contributed by atoms with Crippen LogP contribution in [0.4, 0.5) is 4.39 Å². The summed E-state index contributed by atoms with van der Waals surface area (Å²) in [5.41, 5.74) is 6.60. The van der Waals surface area contributed by atoms with E-state index in [2.05, 4.69) is 5.32 Å². The van der Waals surface area contributed by atoms with Crippen molar-refractivity contribution in [3.05, 3.63) is 34.6 Å². The van der Waals surface area contributed by atoms with Crippen LogP contribution in [-0.2, 0) is 11.3 Å². The number of benzene rings is 1. The second kappa shape index (κ2) is 6.55. The molecule has 3 rings (SSSR count). The zero-order valence-electron chi connectivity index (χ0n) is 12.5. The van der Waals surface area contributed by atoms with Gasteiger partial charge in [0.1, 0.15) is 5.82 Å². The highest BCUT2D eigenvalue weighted by molar-refractivity contribution is 6.31. The molecule has 2 bridgehead atoms. The minimum Gasteiger partial charge on any atom is -0.352 e. The molecule has 3 nitrogen and oxygen atoms in total. The minimum absolute atomic E-state index is 0.000601. The van der Waals surface area contributed by atoms with Crippen molar-refractivity contribution in [2.24, 2.45) is 23.5 Å². The van der Waals surface area contributed by atoms with Crippen molar-refractivity contribution in [1.82, 2.24) is 5.32 Å². The molecule has 3 N–H and O–H groups in total. The molecular formula is C17H22ClFN2O. The molecular weight excluding hydrogens is 303 g/mol. The lowest BCUT2D eigenvalue weighted by Gasteiger charge is -2.43. The van der Waals surface area contributed by atoms with E-state index in [1.807, 2.05) is 0 Å². The Morgan fingerprint density at radius 3 is 2.64 bits per heavy atom. The molecule has 22 heavy (non-hydrogen) atoms. The summed E-state index contributed by atoms with van der Waals surface area (Å²) in [7, 11) is 0. The van der Waals surface area contributed by atoms with Gasteiger partial charge in [-0.25, -0.2) is 4.39 Å². The zero-order valence-corrected chi connectivity index (χ0v) is 13.3. The summed E-state index contributed by atoms with van der Waals surface area (Å²) in [6.07, 6.45) is 5.19. The predicted octanol–water partition coefficient (Wildman–Crippen LogP) is 3.25. The van der Waals surface area contributed by atoms with E-state index in [1.165, 1.54) is 12.5 Å². The first-order valence-corrected chi connectivity index (χ1v) is 8.40. The second-order valence-electron chi connectivity index (χ2n) is 6.61. The Morgan fingerprint density at radius 2 is 2.00 bits per heavy atom. The van der Waals surface area contributed by atoms with Crippen LogP contribution in [0.5, 0.6) is 0 Å². The first-order chi connectivity index (χ1) is 10.6. The van der Waals surface area contributed by atoms with E-state index in [0.29, 0.717) is 22.4 Å². The number of hydrogen-bond donors (Lipinski definition) is 2. The molecule has 0 aliphatic heterocycles. The van der Waals surface area contributed by atoms with Crippen molar-refractivity contribution in [1.29, 1.82) is 0 Å². The maximum absolute atomic E-state index is 13.7. The molecule has 0 saturated heterocycles. The summed E-state index contributed by atoms with van der Waals surface area (Å²) in [4.78, 5) is 12.4. The highest BCUT2D eigenvalue weighted by Crippen LogP contribution is 2.41. The average molecular weight is 325 g/mol. The Morgan fingerprint density at radius 1 is 1.32 bits per heavy atom. The SMILES string of the molecule is NC1C2CCCC1CC(C(=O)NCc1c(F)cccc1Cl)C2. The van der Waals surface area contributed by atoms with Gasteiger partial charge in [-0.1, -0.05) is 24.1 Å². The lowest BCUT2D eigenvalue weighted by atomic mass is 9.65. The lowest BCUT2D eigenvalue weighted by Crippen LogP contribution is -2.49. The predicted molar refractivity (Wildman–Crippen MR) is 84.8 cm³/mol. The van der Waals surface area contributed by atoms with Crippen LogP contribution < -0.4 is 11.1 Å². The van der Waals surface area contributed by atoms with Gasteiger partial charge >= 0.3 is 0 Å². The smallest absolute Gasteiger partial charge is 0.223 e. The van der Waals surface area contributed by atoms with E-state index in [-0.39, 0.29) is 30.2 Å². The van der Waals surface area contributed by atoms with E-state index in [1.54, 1.807) is 12.1 Å². The number of fused-ring (bicyclic) bond motifs is 2. The van der Waals surface area contributed by atoms with E-state index in [4.69, 9.17) is 17.3 Å². The number of carbonyl (C=O) groups excluding carboxylic acids is 1. The normalized spacial score (nSPS) is 30.9. The standard InChI is InChI=1S/C17H22ClFN2O/c18-14-5-2-6-15(19)13(14)9-21-17(22)12-7-10-3-1-4-11(8-12)16(10)20/h2,5-6,10-12,16H,1,3-4,7-9,20H2,(H,21,22). The molecule has 0 spiro atoms. The molecule has 2 unspecified atom stereocenters. The molecule has 2 saturated carbocycles. The Balaban J connectivity index is 1.61. The van der Waals surface area contributed by atoms with Crippen LogP contribution in [0.3, 0.4) is 0 Å². The molecule has 1 amide bonds. The number of carbonyl (C=O) groups is 1. The largest absolute Gasteiger partial charge is 0.352 e. The molecule has 2 aliphatic carbocycles. The Kier molecular flexibility index (Phi) is 4.69. The van der Waals surface area contributed by atoms with E-state index >= 15 is 0 Å². The van der Waals surface area contributed by atoms with Gasteiger partial charge in [0.25, 0.3) is 0 Å². The Bertz CT molecular complexity index is 531. The van der Waals surface area contributed by atoms with Crippen LogP contribution in [0.1, 0.15) is 37.7 Å². The summed E-state index contributed by atoms with van der Waals surface area (Å²) in [6, 6.07) is 4.80. The highest BCUT2D eigenvalue weighted by Gasteiger charge is 2.40. The quantitative estimate of drug-likeness (QED) is 0.896. The van der Waals surface area contributed by atoms with E-state index < -0.39 is 0 Å². The number of nitrogens with one attached hydrogen (secondary N) is 1. The number of amides is 1. The van der Waals surface area contributed by atoms with Gasteiger partial charge in [-0.05, 0) is 49.7 Å². The summed E-state index contributed by atoms with van der Waals surface area (Å²) in [6.45, 7) is 0.141. The maximum atomic E-state index is 13.7. The molecule has 0 heterocycles. The van der Waals surface area contributed by atoms with Gasteiger partial charge in [-0.2, -0.15) is 0 Å². The monoisotopic (exact) mass is 324 g/mol. The van der Waals surface area contributed by atoms with Crippen LogP contribution in [0, 0.1) is 23.6 Å². The lowest BCUT2D eigenvalue weighted by molar-refractivity contribution is -0.128. The van der Waals surface area contributed by atoms with Gasteiger partial charge in [0.15, 0.2) is 0 Å². The van der Waals surface area contributed by atoms with E-state index in [9.17, 15) is 9.18 Å². The molecule has 0 radical (unpaired) electrons. The second-order valence-corrected chi connectivity index (χ2v) is 7.02. The fourth-order valence-electron chi connectivity index (χ4n) is 4.02. The van der Waals surface area contributed by atoms with Crippen molar-refractivity contribution in [3.63, 3.8) is 0 Å². The van der Waals surface area contributed by atoms with Crippen LogP contribution >= 0.6 is 11.6 Å². The molecule has 2 atom stereocenters. The maximum Gasteiger partial charge on any atom is 0.223 e. The molecule has 1 aromatic carbocycles. The molecule has 0 aromatic heterocycles. The van der Waals surface area contributed by atoms with Crippen LogP contribution in [-0.4, -0.2) is 11.9 Å². The molecule has 2 fully saturated rings. The van der Waals surface area contributed by atoms with Gasteiger partial charge in [0, 0.05) is 29.1 Å². The number of halogens is 2. The van der Waals surface area contributed by atoms with Crippen molar-refractivity contribution < 1.29 is 9.18 Å². The van der Waals surface area contributed by atoms with Crippen molar-refractivity contribution >= 4 is 17.5 Å². The summed E-state index contributed by atoms with van der Waals surface area (Å²) in [5, 5.41) is 3.20. The van der Waals surface area contributed by atoms with Gasteiger partial charge in [0.2, 0.25) is 5.91 Å². The topological polar surface area (TPSA) is 55.1 Å². The average Bonchev–Trinajstić information content (AvgIpc) is 2.46. The minimum atomic E-state index is -0.379. The Hall–Kier alpha value is -1.13. The Labute approximate surface area is 135 Å². The van der Waals surface area contributed by atoms with Crippen LogP contribution in [0.25, 0.3) is 0 Å². The zero-order chi connectivity index (χ0) is 15.7. The summed E-state index contributed by atoms with van der Waals surface area (Å²) in [5.74, 6) is 0.541. The van der Waals surface area contributed by atoms with E-state index in [0.717, 1.165) is 25.7 Å². The van der Waals surface area contributed by atoms with Crippen LogP contribution in [0.15, 0.2) is 18.2 Å². The fourth-order valence-corrected chi connectivity index (χ4v) is 4.25. The third-order valence-corrected chi connectivity index (χ3v) is 5.64. The fraction of sp³-hybridized carbons (Fsp3) is 0.588. The van der Waals surface area contributed by atoms with Gasteiger partial charge in [0.05, 0.1) is 0 Å². The van der Waals surface area contributed by atoms with Crippen LogP contribution in [0.2, 0.25) is 5.02 Å². The first kappa shape index (κ1) is 15.8. The molecule has 5 heteroatoms. The highest BCUT2D eigenvalue weighted by atomic mass is 35.5. The summed E-state index contributed by atoms with van der Waals surface area (Å²) >= 11 is 5.99.